The van der Waals surface area contributed by atoms with Gasteiger partial charge in [-0.1, -0.05) is 19.1 Å². The minimum absolute atomic E-state index is 0.111. The molecule has 0 aromatic heterocycles. The zero-order valence-corrected chi connectivity index (χ0v) is 15.7. The van der Waals surface area contributed by atoms with Gasteiger partial charge in [-0.3, -0.25) is 4.79 Å². The first-order chi connectivity index (χ1) is 12.7. The molecule has 2 aromatic carbocycles. The van der Waals surface area contributed by atoms with Crippen molar-refractivity contribution in [1.82, 2.24) is 0 Å². The number of ether oxygens (including phenoxy) is 1. The first-order valence-electron chi connectivity index (χ1n) is 9.55. The van der Waals surface area contributed by atoms with E-state index in [1.165, 1.54) is 24.9 Å². The van der Waals surface area contributed by atoms with Crippen molar-refractivity contribution in [2.45, 2.75) is 45.6 Å². The SMILES string of the molecule is CC[C@H](Oc1cccc(C)c1)C(=O)Nc1ccc(N2CCCCC2)cc1. The Bertz CT molecular complexity index is 721. The van der Waals surface area contributed by atoms with Crippen LogP contribution in [0.4, 0.5) is 11.4 Å². The van der Waals surface area contributed by atoms with Crippen LogP contribution in [0.25, 0.3) is 0 Å². The van der Waals surface area contributed by atoms with Gasteiger partial charge in [-0.25, -0.2) is 0 Å². The molecular formula is C22H28N2O2. The number of aryl methyl sites for hydroxylation is 1. The van der Waals surface area contributed by atoms with Gasteiger partial charge in [0, 0.05) is 24.5 Å². The predicted molar refractivity (Wildman–Crippen MR) is 107 cm³/mol. The van der Waals surface area contributed by atoms with Crippen LogP contribution in [0, 0.1) is 6.92 Å². The lowest BCUT2D eigenvalue weighted by Crippen LogP contribution is -2.32. The first kappa shape index (κ1) is 18.3. The van der Waals surface area contributed by atoms with E-state index in [-0.39, 0.29) is 5.91 Å². The van der Waals surface area contributed by atoms with Crippen LogP contribution in [0.3, 0.4) is 0 Å². The highest BCUT2D eigenvalue weighted by atomic mass is 16.5. The van der Waals surface area contributed by atoms with Crippen LogP contribution in [0.2, 0.25) is 0 Å². The molecule has 1 heterocycles. The standard InChI is InChI=1S/C22H28N2O2/c1-3-21(26-20-9-7-8-17(2)16-20)22(25)23-18-10-12-19(13-11-18)24-14-5-4-6-15-24/h7-13,16,21H,3-6,14-15H2,1-2H3,(H,23,25)/t21-/m0/s1. The van der Waals surface area contributed by atoms with Crippen molar-refractivity contribution in [3.8, 4) is 5.75 Å². The second-order valence-electron chi connectivity index (χ2n) is 6.92. The minimum Gasteiger partial charge on any atom is -0.481 e. The van der Waals surface area contributed by atoms with Crippen LogP contribution >= 0.6 is 0 Å². The summed E-state index contributed by atoms with van der Waals surface area (Å²) in [5.74, 6) is 0.618. The van der Waals surface area contributed by atoms with Crippen LogP contribution in [0.1, 0.15) is 38.2 Å². The summed E-state index contributed by atoms with van der Waals surface area (Å²) in [7, 11) is 0. The van der Waals surface area contributed by atoms with Gasteiger partial charge in [-0.15, -0.1) is 0 Å². The monoisotopic (exact) mass is 352 g/mol. The second-order valence-corrected chi connectivity index (χ2v) is 6.92. The van der Waals surface area contributed by atoms with Crippen molar-refractivity contribution >= 4 is 17.3 Å². The van der Waals surface area contributed by atoms with Crippen molar-refractivity contribution in [2.75, 3.05) is 23.3 Å². The molecule has 0 saturated carbocycles. The Hall–Kier alpha value is -2.49. The van der Waals surface area contributed by atoms with Gasteiger partial charge < -0.3 is 15.0 Å². The third-order valence-electron chi connectivity index (χ3n) is 4.79. The van der Waals surface area contributed by atoms with Gasteiger partial charge in [0.2, 0.25) is 0 Å². The molecule has 1 amide bonds. The molecule has 1 aliphatic rings. The molecule has 1 fully saturated rings. The molecular weight excluding hydrogens is 324 g/mol. The number of nitrogens with one attached hydrogen (secondary N) is 1. The summed E-state index contributed by atoms with van der Waals surface area (Å²) >= 11 is 0. The number of piperidine rings is 1. The molecule has 4 nitrogen and oxygen atoms in total. The number of hydrogen-bond acceptors (Lipinski definition) is 3. The number of nitrogens with zero attached hydrogens (tertiary/aromatic N) is 1. The van der Waals surface area contributed by atoms with Gasteiger partial charge in [0.1, 0.15) is 5.75 Å². The largest absolute Gasteiger partial charge is 0.481 e. The highest BCUT2D eigenvalue weighted by Gasteiger charge is 2.19. The maximum atomic E-state index is 12.6. The predicted octanol–water partition coefficient (Wildman–Crippen LogP) is 4.78. The van der Waals surface area contributed by atoms with Crippen molar-refractivity contribution in [3.05, 3.63) is 54.1 Å². The molecule has 1 saturated heterocycles. The summed E-state index contributed by atoms with van der Waals surface area (Å²) < 4.78 is 5.88. The van der Waals surface area contributed by atoms with Crippen LogP contribution in [-0.2, 0) is 4.79 Å². The fraction of sp³-hybridized carbons (Fsp3) is 0.409. The number of benzene rings is 2. The smallest absolute Gasteiger partial charge is 0.265 e. The Balaban J connectivity index is 1.60. The van der Waals surface area contributed by atoms with Gasteiger partial charge >= 0.3 is 0 Å². The van der Waals surface area contributed by atoms with E-state index in [0.29, 0.717) is 6.42 Å². The Kier molecular flexibility index (Phi) is 6.16. The molecule has 3 rings (SSSR count). The van der Waals surface area contributed by atoms with Gasteiger partial charge in [0.05, 0.1) is 0 Å². The number of anilines is 2. The van der Waals surface area contributed by atoms with E-state index in [2.05, 4.69) is 22.3 Å². The van der Waals surface area contributed by atoms with E-state index < -0.39 is 6.10 Å². The minimum atomic E-state index is -0.501. The quantitative estimate of drug-likeness (QED) is 0.813. The summed E-state index contributed by atoms with van der Waals surface area (Å²) in [4.78, 5) is 15.0. The molecule has 0 aliphatic carbocycles. The molecule has 0 radical (unpaired) electrons. The molecule has 2 aromatic rings. The molecule has 26 heavy (non-hydrogen) atoms. The van der Waals surface area contributed by atoms with Crippen molar-refractivity contribution in [2.24, 2.45) is 0 Å². The van der Waals surface area contributed by atoms with Crippen LogP contribution in [0.15, 0.2) is 48.5 Å². The Morgan fingerprint density at radius 1 is 1.12 bits per heavy atom. The normalized spacial score (nSPS) is 15.4. The van der Waals surface area contributed by atoms with Crippen molar-refractivity contribution in [3.63, 3.8) is 0 Å². The molecule has 138 valence electrons. The average molecular weight is 352 g/mol. The summed E-state index contributed by atoms with van der Waals surface area (Å²) in [5, 5.41) is 2.98. The summed E-state index contributed by atoms with van der Waals surface area (Å²) in [6, 6.07) is 15.9. The van der Waals surface area contributed by atoms with Gasteiger partial charge in [-0.2, -0.15) is 0 Å². The fourth-order valence-electron chi connectivity index (χ4n) is 3.31. The zero-order valence-electron chi connectivity index (χ0n) is 15.7. The van der Waals surface area contributed by atoms with Crippen LogP contribution in [0.5, 0.6) is 5.75 Å². The Morgan fingerprint density at radius 2 is 1.85 bits per heavy atom. The first-order valence-corrected chi connectivity index (χ1v) is 9.55. The molecule has 0 unspecified atom stereocenters. The summed E-state index contributed by atoms with van der Waals surface area (Å²) in [5.41, 5.74) is 3.15. The number of carbonyl (C=O) groups excluding carboxylic acids is 1. The topological polar surface area (TPSA) is 41.6 Å². The van der Waals surface area contributed by atoms with Gasteiger partial charge in [-0.05, 0) is 74.6 Å². The summed E-state index contributed by atoms with van der Waals surface area (Å²) in [6.45, 7) is 6.21. The maximum absolute atomic E-state index is 12.6. The lowest BCUT2D eigenvalue weighted by molar-refractivity contribution is -0.122. The Labute approximate surface area is 156 Å². The zero-order chi connectivity index (χ0) is 18.4. The van der Waals surface area contributed by atoms with Crippen LogP contribution < -0.4 is 15.0 Å². The lowest BCUT2D eigenvalue weighted by Gasteiger charge is -2.28. The van der Waals surface area contributed by atoms with Gasteiger partial charge in [0.25, 0.3) is 5.91 Å². The molecule has 0 bridgehead atoms. The number of amides is 1. The van der Waals surface area contributed by atoms with Crippen LogP contribution in [-0.4, -0.2) is 25.1 Å². The second kappa shape index (κ2) is 8.75. The molecule has 1 atom stereocenters. The maximum Gasteiger partial charge on any atom is 0.265 e. The van der Waals surface area contributed by atoms with E-state index >= 15 is 0 Å². The van der Waals surface area contributed by atoms with Gasteiger partial charge in [0.15, 0.2) is 6.10 Å². The molecule has 1 aliphatic heterocycles. The van der Waals surface area contributed by atoms with Crippen molar-refractivity contribution in [1.29, 1.82) is 0 Å². The number of hydrogen-bond donors (Lipinski definition) is 1. The highest BCUT2D eigenvalue weighted by Crippen LogP contribution is 2.22. The number of carbonyl (C=O) groups is 1. The lowest BCUT2D eigenvalue weighted by atomic mass is 10.1. The number of rotatable bonds is 6. The van der Waals surface area contributed by atoms with Crippen molar-refractivity contribution < 1.29 is 9.53 Å². The van der Waals surface area contributed by atoms with E-state index in [1.807, 2.05) is 50.2 Å². The molecule has 4 heteroatoms. The Morgan fingerprint density at radius 3 is 2.50 bits per heavy atom. The highest BCUT2D eigenvalue weighted by molar-refractivity contribution is 5.94. The van der Waals surface area contributed by atoms with E-state index in [0.717, 1.165) is 30.1 Å². The third kappa shape index (κ3) is 4.78. The third-order valence-corrected chi connectivity index (χ3v) is 4.79. The molecule has 0 spiro atoms. The fourth-order valence-corrected chi connectivity index (χ4v) is 3.31. The summed E-state index contributed by atoms with van der Waals surface area (Å²) in [6.07, 6.45) is 3.95. The van der Waals surface area contributed by atoms with E-state index in [9.17, 15) is 4.79 Å². The molecule has 1 N–H and O–H groups in total. The van der Waals surface area contributed by atoms with E-state index in [1.54, 1.807) is 0 Å². The van der Waals surface area contributed by atoms with E-state index in [4.69, 9.17) is 4.74 Å². The average Bonchev–Trinajstić information content (AvgIpc) is 2.67.